The van der Waals surface area contributed by atoms with E-state index in [-0.39, 0.29) is 6.79 Å². The van der Waals surface area contributed by atoms with Gasteiger partial charge in [-0.25, -0.2) is 9.97 Å². The van der Waals surface area contributed by atoms with Crippen molar-refractivity contribution in [3.8, 4) is 22.9 Å². The molecule has 0 aliphatic carbocycles. The van der Waals surface area contributed by atoms with E-state index in [1.807, 2.05) is 30.6 Å². The van der Waals surface area contributed by atoms with Gasteiger partial charge in [-0.3, -0.25) is 0 Å². The van der Waals surface area contributed by atoms with Gasteiger partial charge in [-0.2, -0.15) is 0 Å². The molecule has 4 heteroatoms. The standard InChI is InChI=1S/C21H28N2O2/c1-2-3-4-5-6-7-8-9-10-17-14-22-21(23-15-17)18-11-12-19-20(13-18)25-16-24-19/h11-15H,2-10,16H2,1H3. The van der Waals surface area contributed by atoms with Crippen LogP contribution in [0.2, 0.25) is 0 Å². The molecule has 0 bridgehead atoms. The van der Waals surface area contributed by atoms with Crippen LogP contribution in [0.1, 0.15) is 63.9 Å². The molecule has 1 aromatic heterocycles. The van der Waals surface area contributed by atoms with Gasteiger partial charge in [0.1, 0.15) is 0 Å². The largest absolute Gasteiger partial charge is 0.454 e. The summed E-state index contributed by atoms with van der Waals surface area (Å²) in [7, 11) is 0. The van der Waals surface area contributed by atoms with Crippen molar-refractivity contribution < 1.29 is 9.47 Å². The van der Waals surface area contributed by atoms with Crippen LogP contribution < -0.4 is 9.47 Å². The van der Waals surface area contributed by atoms with Gasteiger partial charge in [0, 0.05) is 18.0 Å². The van der Waals surface area contributed by atoms with Gasteiger partial charge < -0.3 is 9.47 Å². The van der Waals surface area contributed by atoms with Crippen LogP contribution >= 0.6 is 0 Å². The first-order valence-corrected chi connectivity index (χ1v) is 9.58. The second-order valence-corrected chi connectivity index (χ2v) is 6.71. The molecule has 4 nitrogen and oxygen atoms in total. The Hall–Kier alpha value is -2.10. The molecule has 25 heavy (non-hydrogen) atoms. The summed E-state index contributed by atoms with van der Waals surface area (Å²) in [6.45, 7) is 2.55. The van der Waals surface area contributed by atoms with Gasteiger partial charge in [0.15, 0.2) is 17.3 Å². The lowest BCUT2D eigenvalue weighted by Crippen LogP contribution is -1.94. The van der Waals surface area contributed by atoms with Gasteiger partial charge in [0.25, 0.3) is 0 Å². The maximum absolute atomic E-state index is 5.41. The number of hydrogen-bond acceptors (Lipinski definition) is 4. The third kappa shape index (κ3) is 5.18. The fourth-order valence-corrected chi connectivity index (χ4v) is 3.13. The molecule has 0 fully saturated rings. The first-order valence-electron chi connectivity index (χ1n) is 9.58. The monoisotopic (exact) mass is 340 g/mol. The highest BCUT2D eigenvalue weighted by atomic mass is 16.7. The minimum absolute atomic E-state index is 0.289. The number of nitrogens with zero attached hydrogens (tertiary/aromatic N) is 2. The molecule has 134 valence electrons. The van der Waals surface area contributed by atoms with Crippen molar-refractivity contribution in [2.24, 2.45) is 0 Å². The van der Waals surface area contributed by atoms with Crippen molar-refractivity contribution in [2.45, 2.75) is 64.7 Å². The van der Waals surface area contributed by atoms with Crippen LogP contribution in [-0.2, 0) is 6.42 Å². The molecule has 2 aromatic rings. The Labute approximate surface area is 150 Å². The second-order valence-electron chi connectivity index (χ2n) is 6.71. The molecule has 0 unspecified atom stereocenters. The van der Waals surface area contributed by atoms with Gasteiger partial charge in [0.05, 0.1) is 0 Å². The summed E-state index contributed by atoms with van der Waals surface area (Å²) < 4.78 is 10.8. The van der Waals surface area contributed by atoms with Crippen LogP contribution in [0.3, 0.4) is 0 Å². The summed E-state index contributed by atoms with van der Waals surface area (Å²) in [4.78, 5) is 9.03. The highest BCUT2D eigenvalue weighted by molar-refractivity contribution is 5.61. The van der Waals surface area contributed by atoms with E-state index in [0.29, 0.717) is 0 Å². The van der Waals surface area contributed by atoms with Crippen LogP contribution in [0.5, 0.6) is 11.5 Å². The van der Waals surface area contributed by atoms with E-state index in [4.69, 9.17) is 9.47 Å². The van der Waals surface area contributed by atoms with Crippen molar-refractivity contribution in [2.75, 3.05) is 6.79 Å². The summed E-state index contributed by atoms with van der Waals surface area (Å²) in [6, 6.07) is 5.83. The lowest BCUT2D eigenvalue weighted by Gasteiger charge is -2.04. The number of benzene rings is 1. The van der Waals surface area contributed by atoms with E-state index in [2.05, 4.69) is 16.9 Å². The fraction of sp³-hybridized carbons (Fsp3) is 0.524. The number of hydrogen-bond donors (Lipinski definition) is 0. The molecular formula is C21H28N2O2. The molecule has 0 spiro atoms. The summed E-state index contributed by atoms with van der Waals surface area (Å²) in [5, 5.41) is 0. The Bertz CT molecular complexity index is 655. The summed E-state index contributed by atoms with van der Waals surface area (Å²) in [6.07, 6.45) is 15.7. The molecule has 0 saturated heterocycles. The number of aryl methyl sites for hydroxylation is 1. The Morgan fingerprint density at radius 2 is 1.52 bits per heavy atom. The maximum Gasteiger partial charge on any atom is 0.231 e. The van der Waals surface area contributed by atoms with Crippen LogP contribution in [-0.4, -0.2) is 16.8 Å². The van der Waals surface area contributed by atoms with E-state index in [9.17, 15) is 0 Å². The highest BCUT2D eigenvalue weighted by Crippen LogP contribution is 2.34. The lowest BCUT2D eigenvalue weighted by atomic mass is 10.1. The van der Waals surface area contributed by atoms with Crippen LogP contribution in [0.4, 0.5) is 0 Å². The average Bonchev–Trinajstić information content (AvgIpc) is 3.12. The van der Waals surface area contributed by atoms with Gasteiger partial charge in [-0.15, -0.1) is 0 Å². The van der Waals surface area contributed by atoms with Crippen molar-refractivity contribution in [3.63, 3.8) is 0 Å². The molecule has 0 amide bonds. The van der Waals surface area contributed by atoms with E-state index >= 15 is 0 Å². The number of rotatable bonds is 10. The predicted molar refractivity (Wildman–Crippen MR) is 99.9 cm³/mol. The zero-order valence-corrected chi connectivity index (χ0v) is 15.2. The van der Waals surface area contributed by atoms with E-state index in [1.165, 1.54) is 56.9 Å². The Morgan fingerprint density at radius 3 is 2.28 bits per heavy atom. The van der Waals surface area contributed by atoms with Crippen molar-refractivity contribution >= 4 is 0 Å². The normalized spacial score (nSPS) is 12.5. The first-order chi connectivity index (χ1) is 12.4. The first kappa shape index (κ1) is 17.7. The second kappa shape index (κ2) is 9.40. The third-order valence-corrected chi connectivity index (χ3v) is 4.66. The lowest BCUT2D eigenvalue weighted by molar-refractivity contribution is 0.174. The quantitative estimate of drug-likeness (QED) is 0.531. The van der Waals surface area contributed by atoms with E-state index in [1.54, 1.807) is 0 Å². The van der Waals surface area contributed by atoms with Crippen molar-refractivity contribution in [1.29, 1.82) is 0 Å². The maximum atomic E-state index is 5.41. The molecule has 3 rings (SSSR count). The van der Waals surface area contributed by atoms with E-state index in [0.717, 1.165) is 29.3 Å². The molecular weight excluding hydrogens is 312 g/mol. The molecule has 0 radical (unpaired) electrons. The average molecular weight is 340 g/mol. The summed E-state index contributed by atoms with van der Waals surface area (Å²) >= 11 is 0. The minimum atomic E-state index is 0.289. The van der Waals surface area contributed by atoms with Crippen LogP contribution in [0, 0.1) is 0 Å². The molecule has 1 aromatic carbocycles. The Kier molecular flexibility index (Phi) is 6.66. The van der Waals surface area contributed by atoms with Crippen molar-refractivity contribution in [3.05, 3.63) is 36.2 Å². The third-order valence-electron chi connectivity index (χ3n) is 4.66. The fourth-order valence-electron chi connectivity index (χ4n) is 3.13. The number of ether oxygens (including phenoxy) is 2. The zero-order chi connectivity index (χ0) is 17.3. The summed E-state index contributed by atoms with van der Waals surface area (Å²) in [5.41, 5.74) is 2.18. The molecule has 0 saturated carbocycles. The van der Waals surface area contributed by atoms with Gasteiger partial charge in [-0.05, 0) is 36.6 Å². The van der Waals surface area contributed by atoms with Gasteiger partial charge >= 0.3 is 0 Å². The van der Waals surface area contributed by atoms with Crippen LogP contribution in [0.15, 0.2) is 30.6 Å². The topological polar surface area (TPSA) is 44.2 Å². The Morgan fingerprint density at radius 1 is 0.840 bits per heavy atom. The molecule has 1 aliphatic heterocycles. The van der Waals surface area contributed by atoms with Gasteiger partial charge in [-0.1, -0.05) is 51.9 Å². The smallest absolute Gasteiger partial charge is 0.231 e. The Balaban J connectivity index is 1.42. The minimum Gasteiger partial charge on any atom is -0.454 e. The SMILES string of the molecule is CCCCCCCCCCc1cnc(-c2ccc3c(c2)OCO3)nc1. The predicted octanol–water partition coefficient (Wildman–Crippen LogP) is 5.56. The number of unbranched alkanes of at least 4 members (excludes halogenated alkanes) is 7. The molecule has 2 heterocycles. The van der Waals surface area contributed by atoms with Crippen LogP contribution in [0.25, 0.3) is 11.4 Å². The van der Waals surface area contributed by atoms with Crippen molar-refractivity contribution in [1.82, 2.24) is 9.97 Å². The van der Waals surface area contributed by atoms with E-state index < -0.39 is 0 Å². The summed E-state index contributed by atoms with van der Waals surface area (Å²) in [5.74, 6) is 2.29. The highest BCUT2D eigenvalue weighted by Gasteiger charge is 2.14. The van der Waals surface area contributed by atoms with Gasteiger partial charge in [0.2, 0.25) is 6.79 Å². The number of fused-ring (bicyclic) bond motifs is 1. The number of aromatic nitrogens is 2. The molecule has 0 N–H and O–H groups in total. The molecule has 0 atom stereocenters. The molecule has 1 aliphatic rings. The zero-order valence-electron chi connectivity index (χ0n) is 15.2.